The molecular weight excluding hydrogens is 200 g/mol. The maximum atomic E-state index is 12.2. The average Bonchev–Trinajstić information content (AvgIpc) is 2.69. The minimum atomic E-state index is 0.189. The highest BCUT2D eigenvalue weighted by molar-refractivity contribution is 5.79. The zero-order valence-electron chi connectivity index (χ0n) is 10.5. The molecule has 0 aromatic carbocycles. The molecule has 3 heteroatoms. The molecule has 1 aliphatic heterocycles. The Bertz CT molecular complexity index is 257. The highest BCUT2D eigenvalue weighted by Crippen LogP contribution is 2.40. The smallest absolute Gasteiger partial charge is 0.223 e. The summed E-state index contributed by atoms with van der Waals surface area (Å²) >= 11 is 0. The van der Waals surface area contributed by atoms with Crippen LogP contribution in [0.2, 0.25) is 0 Å². The summed E-state index contributed by atoms with van der Waals surface area (Å²) in [7, 11) is 0. The van der Waals surface area contributed by atoms with Gasteiger partial charge in [-0.3, -0.25) is 4.79 Å². The van der Waals surface area contributed by atoms with Gasteiger partial charge in [0.05, 0.1) is 0 Å². The number of nitrogens with one attached hydrogen (secondary N) is 2. The first-order valence-electron chi connectivity index (χ1n) is 6.61. The summed E-state index contributed by atoms with van der Waals surface area (Å²) in [5, 5.41) is 6.49. The third-order valence-corrected chi connectivity index (χ3v) is 4.23. The molecule has 0 aromatic heterocycles. The van der Waals surface area contributed by atoms with Crippen molar-refractivity contribution in [2.24, 2.45) is 11.3 Å². The molecule has 2 atom stereocenters. The lowest BCUT2D eigenvalue weighted by Crippen LogP contribution is -2.45. The molecular formula is C13H24N2O. The number of carbonyl (C=O) groups excluding carboxylic acids is 1. The molecule has 92 valence electrons. The van der Waals surface area contributed by atoms with Gasteiger partial charge in [0.1, 0.15) is 0 Å². The summed E-state index contributed by atoms with van der Waals surface area (Å²) in [6.45, 7) is 6.46. The van der Waals surface area contributed by atoms with Gasteiger partial charge in [0.15, 0.2) is 0 Å². The molecule has 0 radical (unpaired) electrons. The van der Waals surface area contributed by atoms with Gasteiger partial charge in [-0.15, -0.1) is 0 Å². The third-order valence-electron chi connectivity index (χ3n) is 4.23. The molecule has 0 spiro atoms. The average molecular weight is 224 g/mol. The van der Waals surface area contributed by atoms with Crippen LogP contribution < -0.4 is 10.6 Å². The molecule has 2 aliphatic rings. The van der Waals surface area contributed by atoms with Crippen molar-refractivity contribution in [2.75, 3.05) is 13.1 Å². The van der Waals surface area contributed by atoms with Crippen molar-refractivity contribution in [3.05, 3.63) is 0 Å². The minimum absolute atomic E-state index is 0.189. The summed E-state index contributed by atoms with van der Waals surface area (Å²) in [5.74, 6) is 0.514. The minimum Gasteiger partial charge on any atom is -0.352 e. The van der Waals surface area contributed by atoms with E-state index in [-0.39, 0.29) is 11.3 Å². The summed E-state index contributed by atoms with van der Waals surface area (Å²) in [6, 6.07) is 0.366. The second-order valence-corrected chi connectivity index (χ2v) is 5.99. The van der Waals surface area contributed by atoms with Crippen molar-refractivity contribution in [1.29, 1.82) is 0 Å². The standard InChI is InChI=1S/C13H24N2O/c1-13(2)7-4-3-5-11(13)12(16)15-10-6-8-14-9-10/h10-11,14H,3-9H2,1-2H3,(H,15,16)/t10-,11?/m0/s1. The Kier molecular flexibility index (Phi) is 3.53. The van der Waals surface area contributed by atoms with Crippen molar-refractivity contribution >= 4 is 5.91 Å². The Hall–Kier alpha value is -0.570. The number of rotatable bonds is 2. The summed E-state index contributed by atoms with van der Waals surface area (Å²) < 4.78 is 0. The van der Waals surface area contributed by atoms with Crippen LogP contribution in [-0.4, -0.2) is 25.0 Å². The lowest BCUT2D eigenvalue weighted by Gasteiger charge is -2.38. The van der Waals surface area contributed by atoms with Crippen LogP contribution >= 0.6 is 0 Å². The van der Waals surface area contributed by atoms with E-state index in [4.69, 9.17) is 0 Å². The Morgan fingerprint density at radius 2 is 2.12 bits per heavy atom. The van der Waals surface area contributed by atoms with Gasteiger partial charge >= 0.3 is 0 Å². The second-order valence-electron chi connectivity index (χ2n) is 5.99. The van der Waals surface area contributed by atoms with Crippen LogP contribution in [-0.2, 0) is 4.79 Å². The summed E-state index contributed by atoms with van der Waals surface area (Å²) in [4.78, 5) is 12.2. The molecule has 2 N–H and O–H groups in total. The van der Waals surface area contributed by atoms with E-state index in [0.717, 1.165) is 25.9 Å². The second kappa shape index (κ2) is 4.74. The summed E-state index contributed by atoms with van der Waals surface area (Å²) in [5.41, 5.74) is 0.189. The van der Waals surface area contributed by atoms with Crippen LogP contribution in [0.15, 0.2) is 0 Å². The molecule has 16 heavy (non-hydrogen) atoms. The predicted molar refractivity (Wildman–Crippen MR) is 65.2 cm³/mol. The van der Waals surface area contributed by atoms with Crippen LogP contribution in [0.3, 0.4) is 0 Å². The first-order valence-corrected chi connectivity index (χ1v) is 6.61. The van der Waals surface area contributed by atoms with Crippen LogP contribution in [0.5, 0.6) is 0 Å². The third kappa shape index (κ3) is 2.57. The van der Waals surface area contributed by atoms with Crippen molar-refractivity contribution in [3.63, 3.8) is 0 Å². The van der Waals surface area contributed by atoms with Crippen LogP contribution in [0.4, 0.5) is 0 Å². The van der Waals surface area contributed by atoms with E-state index in [9.17, 15) is 4.79 Å². The van der Waals surface area contributed by atoms with E-state index in [1.54, 1.807) is 0 Å². The highest BCUT2D eigenvalue weighted by Gasteiger charge is 2.37. The van der Waals surface area contributed by atoms with E-state index in [2.05, 4.69) is 24.5 Å². The zero-order valence-corrected chi connectivity index (χ0v) is 10.5. The molecule has 2 rings (SSSR count). The van der Waals surface area contributed by atoms with Crippen molar-refractivity contribution in [1.82, 2.24) is 10.6 Å². The Labute approximate surface area is 98.4 Å². The molecule has 2 fully saturated rings. The van der Waals surface area contributed by atoms with Gasteiger partial charge in [0.25, 0.3) is 0 Å². The van der Waals surface area contributed by atoms with Crippen molar-refractivity contribution in [2.45, 2.75) is 52.0 Å². The maximum absolute atomic E-state index is 12.2. The maximum Gasteiger partial charge on any atom is 0.223 e. The molecule has 0 aromatic rings. The van der Waals surface area contributed by atoms with Crippen molar-refractivity contribution in [3.8, 4) is 0 Å². The molecule has 0 bridgehead atoms. The molecule has 3 nitrogen and oxygen atoms in total. The topological polar surface area (TPSA) is 41.1 Å². The molecule has 1 saturated carbocycles. The number of hydrogen-bond donors (Lipinski definition) is 2. The van der Waals surface area contributed by atoms with E-state index >= 15 is 0 Å². The van der Waals surface area contributed by atoms with Crippen LogP contribution in [0.1, 0.15) is 46.0 Å². The first kappa shape index (κ1) is 11.9. The van der Waals surface area contributed by atoms with Gasteiger partial charge in [-0.05, 0) is 31.2 Å². The normalized spacial score (nSPS) is 33.6. The summed E-state index contributed by atoms with van der Waals surface area (Å²) in [6.07, 6.45) is 5.83. The lowest BCUT2D eigenvalue weighted by molar-refractivity contribution is -0.130. The number of carbonyl (C=O) groups is 1. The zero-order chi connectivity index (χ0) is 11.6. The SMILES string of the molecule is CC1(C)CCCCC1C(=O)N[C@H]1CCNC1. The van der Waals surface area contributed by atoms with Gasteiger partial charge in [-0.25, -0.2) is 0 Å². The fourth-order valence-corrected chi connectivity index (χ4v) is 3.06. The number of amides is 1. The van der Waals surface area contributed by atoms with Gasteiger partial charge in [-0.2, -0.15) is 0 Å². The fraction of sp³-hybridized carbons (Fsp3) is 0.923. The van der Waals surface area contributed by atoms with Gasteiger partial charge < -0.3 is 10.6 Å². The van der Waals surface area contributed by atoms with Gasteiger partial charge in [0.2, 0.25) is 5.91 Å². The predicted octanol–water partition coefficient (Wildman–Crippen LogP) is 1.68. The Morgan fingerprint density at radius 3 is 2.75 bits per heavy atom. The Morgan fingerprint density at radius 1 is 1.31 bits per heavy atom. The van der Waals surface area contributed by atoms with Gasteiger partial charge in [-0.1, -0.05) is 26.7 Å². The monoisotopic (exact) mass is 224 g/mol. The van der Waals surface area contributed by atoms with Crippen LogP contribution in [0.25, 0.3) is 0 Å². The fourth-order valence-electron chi connectivity index (χ4n) is 3.06. The molecule has 1 amide bonds. The van der Waals surface area contributed by atoms with Crippen LogP contribution in [0, 0.1) is 11.3 Å². The first-order chi connectivity index (χ1) is 7.59. The highest BCUT2D eigenvalue weighted by atomic mass is 16.2. The van der Waals surface area contributed by atoms with E-state index in [1.807, 2.05) is 0 Å². The molecule has 1 unspecified atom stereocenters. The van der Waals surface area contributed by atoms with Gasteiger partial charge in [0, 0.05) is 18.5 Å². The van der Waals surface area contributed by atoms with Crippen molar-refractivity contribution < 1.29 is 4.79 Å². The van der Waals surface area contributed by atoms with E-state index < -0.39 is 0 Å². The Balaban J connectivity index is 1.91. The van der Waals surface area contributed by atoms with E-state index in [1.165, 1.54) is 19.3 Å². The lowest BCUT2D eigenvalue weighted by atomic mass is 9.68. The quantitative estimate of drug-likeness (QED) is 0.749. The van der Waals surface area contributed by atoms with E-state index in [0.29, 0.717) is 11.9 Å². The molecule has 1 heterocycles. The molecule has 1 aliphatic carbocycles. The number of hydrogen-bond acceptors (Lipinski definition) is 2. The largest absolute Gasteiger partial charge is 0.352 e. The molecule has 1 saturated heterocycles.